The minimum absolute atomic E-state index is 0.0567. The van der Waals surface area contributed by atoms with Crippen LogP contribution in [-0.4, -0.2) is 41.3 Å². The van der Waals surface area contributed by atoms with Gasteiger partial charge in [-0.15, -0.1) is 11.3 Å². The van der Waals surface area contributed by atoms with Crippen molar-refractivity contribution in [3.05, 3.63) is 15.6 Å². The molecule has 5 nitrogen and oxygen atoms in total. The third-order valence-corrected chi connectivity index (χ3v) is 6.19. The Morgan fingerprint density at radius 2 is 2.12 bits per heavy atom. The van der Waals surface area contributed by atoms with Gasteiger partial charge in [-0.2, -0.15) is 0 Å². The van der Waals surface area contributed by atoms with Crippen LogP contribution in [0, 0.1) is 5.92 Å². The maximum absolute atomic E-state index is 12.4. The molecule has 6 heteroatoms. The SMILES string of the molecule is CCC(=O)N1CCCC(C(=O)NCCc2nc3c(s2)CCCC3)C1. The van der Waals surface area contributed by atoms with Gasteiger partial charge >= 0.3 is 0 Å². The minimum Gasteiger partial charge on any atom is -0.355 e. The number of nitrogens with zero attached hydrogens (tertiary/aromatic N) is 2. The molecule has 0 spiro atoms. The average molecular weight is 350 g/mol. The van der Waals surface area contributed by atoms with Crippen LogP contribution < -0.4 is 5.32 Å². The molecule has 0 saturated carbocycles. The first kappa shape index (κ1) is 17.4. The summed E-state index contributed by atoms with van der Waals surface area (Å²) in [7, 11) is 0. The molecule has 0 aromatic carbocycles. The van der Waals surface area contributed by atoms with Gasteiger partial charge in [0.15, 0.2) is 0 Å². The zero-order chi connectivity index (χ0) is 16.9. The first-order chi connectivity index (χ1) is 11.7. The van der Waals surface area contributed by atoms with Crippen LogP contribution in [0.4, 0.5) is 0 Å². The summed E-state index contributed by atoms with van der Waals surface area (Å²) in [4.78, 5) is 32.2. The highest BCUT2D eigenvalue weighted by molar-refractivity contribution is 7.11. The van der Waals surface area contributed by atoms with E-state index in [9.17, 15) is 9.59 Å². The molecule has 132 valence electrons. The second-order valence-corrected chi connectivity index (χ2v) is 7.93. The fraction of sp³-hybridized carbons (Fsp3) is 0.722. The predicted molar refractivity (Wildman–Crippen MR) is 95.1 cm³/mol. The van der Waals surface area contributed by atoms with E-state index in [1.54, 1.807) is 0 Å². The first-order valence-corrected chi connectivity index (χ1v) is 10.0. The Hall–Kier alpha value is -1.43. The molecule has 0 radical (unpaired) electrons. The Kier molecular flexibility index (Phi) is 5.87. The van der Waals surface area contributed by atoms with Crippen molar-refractivity contribution in [2.75, 3.05) is 19.6 Å². The van der Waals surface area contributed by atoms with Crippen molar-refractivity contribution in [3.8, 4) is 0 Å². The zero-order valence-corrected chi connectivity index (χ0v) is 15.3. The molecule has 1 aromatic heterocycles. The summed E-state index contributed by atoms with van der Waals surface area (Å²) >= 11 is 1.81. The molecule has 24 heavy (non-hydrogen) atoms. The number of likely N-dealkylation sites (tertiary alicyclic amines) is 1. The zero-order valence-electron chi connectivity index (χ0n) is 14.5. The molecule has 1 unspecified atom stereocenters. The van der Waals surface area contributed by atoms with E-state index in [1.807, 2.05) is 23.2 Å². The summed E-state index contributed by atoms with van der Waals surface area (Å²) in [6.07, 6.45) is 7.94. The van der Waals surface area contributed by atoms with E-state index in [0.29, 0.717) is 19.5 Å². The number of carbonyl (C=O) groups is 2. The summed E-state index contributed by atoms with van der Waals surface area (Å²) in [6.45, 7) is 3.88. The number of thiazole rings is 1. The molecule has 3 rings (SSSR count). The second kappa shape index (κ2) is 8.10. The molecule has 0 bridgehead atoms. The fourth-order valence-electron chi connectivity index (χ4n) is 3.59. The van der Waals surface area contributed by atoms with Crippen molar-refractivity contribution in [1.29, 1.82) is 0 Å². The smallest absolute Gasteiger partial charge is 0.224 e. The standard InChI is InChI=1S/C18H27N3O2S/c1-2-17(22)21-11-5-6-13(12-21)18(23)19-10-9-16-20-14-7-3-4-8-15(14)24-16/h13H,2-12H2,1H3,(H,19,23). The van der Waals surface area contributed by atoms with Crippen molar-refractivity contribution in [2.45, 2.75) is 58.3 Å². The Morgan fingerprint density at radius 3 is 2.92 bits per heavy atom. The number of hydrogen-bond donors (Lipinski definition) is 1. The van der Waals surface area contributed by atoms with Gasteiger partial charge in [0.05, 0.1) is 16.6 Å². The van der Waals surface area contributed by atoms with Crippen LogP contribution in [0.15, 0.2) is 0 Å². The number of aryl methyl sites for hydroxylation is 2. The number of nitrogens with one attached hydrogen (secondary N) is 1. The number of aromatic nitrogens is 1. The topological polar surface area (TPSA) is 62.3 Å². The Morgan fingerprint density at radius 1 is 1.29 bits per heavy atom. The van der Waals surface area contributed by atoms with Crippen LogP contribution in [0.2, 0.25) is 0 Å². The first-order valence-electron chi connectivity index (χ1n) is 9.20. The van der Waals surface area contributed by atoms with Crippen LogP contribution in [0.5, 0.6) is 0 Å². The summed E-state index contributed by atoms with van der Waals surface area (Å²) in [6, 6.07) is 0. The number of carbonyl (C=O) groups excluding carboxylic acids is 2. The highest BCUT2D eigenvalue weighted by Gasteiger charge is 2.27. The largest absolute Gasteiger partial charge is 0.355 e. The number of fused-ring (bicyclic) bond motifs is 1. The lowest BCUT2D eigenvalue weighted by atomic mass is 9.97. The van der Waals surface area contributed by atoms with Gasteiger partial charge in [-0.05, 0) is 38.5 Å². The summed E-state index contributed by atoms with van der Waals surface area (Å²) in [5.41, 5.74) is 1.29. The molecule has 1 N–H and O–H groups in total. The van der Waals surface area contributed by atoms with Crippen molar-refractivity contribution in [3.63, 3.8) is 0 Å². The molecule has 2 heterocycles. The average Bonchev–Trinajstić information content (AvgIpc) is 3.03. The third-order valence-electron chi connectivity index (χ3n) is 4.98. The van der Waals surface area contributed by atoms with E-state index in [4.69, 9.17) is 4.98 Å². The van der Waals surface area contributed by atoms with Gasteiger partial charge in [-0.25, -0.2) is 4.98 Å². The van der Waals surface area contributed by atoms with Crippen molar-refractivity contribution in [1.82, 2.24) is 15.2 Å². The maximum Gasteiger partial charge on any atom is 0.224 e. The molecule has 1 atom stereocenters. The number of hydrogen-bond acceptors (Lipinski definition) is 4. The number of piperidine rings is 1. The van der Waals surface area contributed by atoms with Gasteiger partial charge in [0.2, 0.25) is 11.8 Å². The molecule has 2 aliphatic rings. The van der Waals surface area contributed by atoms with Gasteiger partial charge in [-0.3, -0.25) is 9.59 Å². The van der Waals surface area contributed by atoms with E-state index in [2.05, 4.69) is 5.32 Å². The summed E-state index contributed by atoms with van der Waals surface area (Å²) < 4.78 is 0. The summed E-state index contributed by atoms with van der Waals surface area (Å²) in [5.74, 6) is 0.185. The Bertz CT molecular complexity index is 576. The molecule has 1 aliphatic carbocycles. The highest BCUT2D eigenvalue weighted by Crippen LogP contribution is 2.26. The molecule has 1 aliphatic heterocycles. The van der Waals surface area contributed by atoms with Gasteiger partial charge < -0.3 is 10.2 Å². The second-order valence-electron chi connectivity index (χ2n) is 6.76. The Labute approximate surface area is 147 Å². The van der Waals surface area contributed by atoms with E-state index >= 15 is 0 Å². The monoisotopic (exact) mass is 349 g/mol. The van der Waals surface area contributed by atoms with Crippen LogP contribution in [0.1, 0.15) is 54.6 Å². The van der Waals surface area contributed by atoms with Gasteiger partial charge in [0.25, 0.3) is 0 Å². The quantitative estimate of drug-likeness (QED) is 0.887. The van der Waals surface area contributed by atoms with E-state index in [1.165, 1.54) is 29.8 Å². The summed E-state index contributed by atoms with van der Waals surface area (Å²) in [5, 5.41) is 4.20. The van der Waals surface area contributed by atoms with Gasteiger partial charge in [-0.1, -0.05) is 6.92 Å². The van der Waals surface area contributed by atoms with Gasteiger partial charge in [0, 0.05) is 37.4 Å². The van der Waals surface area contributed by atoms with E-state index in [0.717, 1.165) is 37.2 Å². The van der Waals surface area contributed by atoms with Gasteiger partial charge in [0.1, 0.15) is 0 Å². The molecule has 1 saturated heterocycles. The molecular formula is C18H27N3O2S. The van der Waals surface area contributed by atoms with Crippen LogP contribution >= 0.6 is 11.3 Å². The fourth-order valence-corrected chi connectivity index (χ4v) is 4.75. The van der Waals surface area contributed by atoms with Crippen LogP contribution in [-0.2, 0) is 28.9 Å². The van der Waals surface area contributed by atoms with Crippen molar-refractivity contribution < 1.29 is 9.59 Å². The highest BCUT2D eigenvalue weighted by atomic mass is 32.1. The maximum atomic E-state index is 12.4. The lowest BCUT2D eigenvalue weighted by Crippen LogP contribution is -2.45. The minimum atomic E-state index is -0.0567. The number of rotatable bonds is 5. The normalized spacial score (nSPS) is 20.5. The molecular weight excluding hydrogens is 322 g/mol. The predicted octanol–water partition coefficient (Wildman–Crippen LogP) is 2.33. The van der Waals surface area contributed by atoms with Crippen LogP contribution in [0.3, 0.4) is 0 Å². The Balaban J connectivity index is 1.45. The van der Waals surface area contributed by atoms with Crippen molar-refractivity contribution >= 4 is 23.2 Å². The molecule has 1 aromatic rings. The third kappa shape index (κ3) is 4.15. The van der Waals surface area contributed by atoms with E-state index in [-0.39, 0.29) is 17.7 Å². The van der Waals surface area contributed by atoms with E-state index < -0.39 is 0 Å². The molecule has 2 amide bonds. The lowest BCUT2D eigenvalue weighted by Gasteiger charge is -2.31. The van der Waals surface area contributed by atoms with Crippen LogP contribution in [0.25, 0.3) is 0 Å². The molecule has 1 fully saturated rings. The lowest BCUT2D eigenvalue weighted by molar-refractivity contribution is -0.135. The number of amides is 2. The van der Waals surface area contributed by atoms with Crippen molar-refractivity contribution in [2.24, 2.45) is 5.92 Å².